The highest BCUT2D eigenvalue weighted by atomic mass is 16.8. The van der Waals surface area contributed by atoms with Crippen molar-refractivity contribution < 1.29 is 14.3 Å². The third kappa shape index (κ3) is 1.83. The van der Waals surface area contributed by atoms with Gasteiger partial charge in [-0.1, -0.05) is 6.08 Å². The Hall–Kier alpha value is -1.25. The topological polar surface area (TPSA) is 35.5 Å². The summed E-state index contributed by atoms with van der Waals surface area (Å²) in [5, 5.41) is 0. The Labute approximate surface area is 65.3 Å². The molecule has 3 nitrogen and oxygen atoms in total. The third-order valence-electron chi connectivity index (χ3n) is 1.45. The first kappa shape index (κ1) is 7.85. The summed E-state index contributed by atoms with van der Waals surface area (Å²) in [6.07, 6.45) is 1.88. The van der Waals surface area contributed by atoms with Crippen LogP contribution in [-0.2, 0) is 9.47 Å². The quantitative estimate of drug-likeness (QED) is 0.450. The van der Waals surface area contributed by atoms with Crippen LogP contribution < -0.4 is 0 Å². The standard InChI is InChI=1S/C8H10O3/c1-3-4-6(2)7-5-10-8(9)11-7/h3H,1,4-5H2,2H3/b7-6+. The molecule has 0 aliphatic carbocycles. The molecule has 1 rings (SSSR count). The van der Waals surface area contributed by atoms with Crippen molar-refractivity contribution in [2.75, 3.05) is 6.61 Å². The van der Waals surface area contributed by atoms with Crippen molar-refractivity contribution in [2.45, 2.75) is 13.3 Å². The summed E-state index contributed by atoms with van der Waals surface area (Å²) < 4.78 is 9.33. The Morgan fingerprint density at radius 1 is 1.82 bits per heavy atom. The van der Waals surface area contributed by atoms with E-state index in [4.69, 9.17) is 4.74 Å². The first-order chi connectivity index (χ1) is 5.24. The number of cyclic esters (lactones) is 2. The fraction of sp³-hybridized carbons (Fsp3) is 0.375. The van der Waals surface area contributed by atoms with E-state index in [9.17, 15) is 4.79 Å². The zero-order valence-electron chi connectivity index (χ0n) is 6.42. The molecule has 0 spiro atoms. The van der Waals surface area contributed by atoms with E-state index < -0.39 is 6.16 Å². The summed E-state index contributed by atoms with van der Waals surface area (Å²) in [6.45, 7) is 5.73. The van der Waals surface area contributed by atoms with Gasteiger partial charge in [-0.3, -0.25) is 0 Å². The average molecular weight is 154 g/mol. The maximum Gasteiger partial charge on any atom is 0.514 e. The lowest BCUT2D eigenvalue weighted by atomic mass is 10.2. The van der Waals surface area contributed by atoms with E-state index in [0.29, 0.717) is 5.76 Å². The van der Waals surface area contributed by atoms with Crippen LogP contribution in [0.15, 0.2) is 24.0 Å². The van der Waals surface area contributed by atoms with E-state index in [-0.39, 0.29) is 6.61 Å². The molecule has 11 heavy (non-hydrogen) atoms. The predicted molar refractivity (Wildman–Crippen MR) is 39.9 cm³/mol. The molecule has 0 aromatic heterocycles. The molecule has 0 N–H and O–H groups in total. The van der Waals surface area contributed by atoms with E-state index in [2.05, 4.69) is 11.3 Å². The van der Waals surface area contributed by atoms with Gasteiger partial charge >= 0.3 is 6.16 Å². The first-order valence-electron chi connectivity index (χ1n) is 3.38. The zero-order chi connectivity index (χ0) is 8.27. The fourth-order valence-corrected chi connectivity index (χ4v) is 0.825. The Bertz CT molecular complexity index is 215. The number of hydrogen-bond donors (Lipinski definition) is 0. The number of ether oxygens (including phenoxy) is 2. The van der Waals surface area contributed by atoms with Crippen LogP contribution in [0.2, 0.25) is 0 Å². The van der Waals surface area contributed by atoms with Crippen molar-refractivity contribution in [3.63, 3.8) is 0 Å². The number of carbonyl (C=O) groups is 1. The van der Waals surface area contributed by atoms with Crippen molar-refractivity contribution in [2.24, 2.45) is 0 Å². The van der Waals surface area contributed by atoms with Crippen molar-refractivity contribution in [3.8, 4) is 0 Å². The molecule has 1 aliphatic heterocycles. The number of hydrogen-bond acceptors (Lipinski definition) is 3. The summed E-state index contributed by atoms with van der Waals surface area (Å²) >= 11 is 0. The molecule has 1 aliphatic rings. The van der Waals surface area contributed by atoms with Crippen LogP contribution in [0.1, 0.15) is 13.3 Å². The lowest BCUT2D eigenvalue weighted by Gasteiger charge is -1.97. The van der Waals surface area contributed by atoms with E-state index in [1.807, 2.05) is 6.92 Å². The predicted octanol–water partition coefficient (Wildman–Crippen LogP) is 2.00. The minimum absolute atomic E-state index is 0.262. The van der Waals surface area contributed by atoms with Gasteiger partial charge in [-0.2, -0.15) is 0 Å². The molecule has 3 heteroatoms. The minimum Gasteiger partial charge on any atom is -0.426 e. The monoisotopic (exact) mass is 154 g/mol. The Morgan fingerprint density at radius 3 is 3.00 bits per heavy atom. The second kappa shape index (κ2) is 3.23. The van der Waals surface area contributed by atoms with Gasteiger partial charge in [0.15, 0.2) is 6.61 Å². The van der Waals surface area contributed by atoms with Gasteiger partial charge in [0.2, 0.25) is 0 Å². The van der Waals surface area contributed by atoms with E-state index in [1.165, 1.54) is 0 Å². The van der Waals surface area contributed by atoms with Crippen molar-refractivity contribution >= 4 is 6.16 Å². The van der Waals surface area contributed by atoms with Gasteiger partial charge in [0.05, 0.1) is 0 Å². The largest absolute Gasteiger partial charge is 0.514 e. The Kier molecular flexibility index (Phi) is 2.31. The van der Waals surface area contributed by atoms with Crippen molar-refractivity contribution in [1.82, 2.24) is 0 Å². The number of allylic oxidation sites excluding steroid dienone is 2. The summed E-state index contributed by atoms with van der Waals surface area (Å²) in [4.78, 5) is 10.5. The summed E-state index contributed by atoms with van der Waals surface area (Å²) in [5.74, 6) is 0.620. The van der Waals surface area contributed by atoms with E-state index in [1.54, 1.807) is 6.08 Å². The van der Waals surface area contributed by atoms with Crippen LogP contribution in [0.25, 0.3) is 0 Å². The third-order valence-corrected chi connectivity index (χ3v) is 1.45. The molecule has 1 heterocycles. The molecule has 1 fully saturated rings. The Balaban J connectivity index is 2.64. The van der Waals surface area contributed by atoms with Crippen molar-refractivity contribution in [1.29, 1.82) is 0 Å². The highest BCUT2D eigenvalue weighted by molar-refractivity contribution is 5.64. The summed E-state index contributed by atoms with van der Waals surface area (Å²) in [5.41, 5.74) is 0.992. The van der Waals surface area contributed by atoms with Crippen LogP contribution in [0, 0.1) is 0 Å². The summed E-state index contributed by atoms with van der Waals surface area (Å²) in [7, 11) is 0. The smallest absolute Gasteiger partial charge is 0.426 e. The SMILES string of the molecule is C=CC/C(C)=C1\COC(=O)O1. The van der Waals surface area contributed by atoms with Gasteiger partial charge < -0.3 is 9.47 Å². The summed E-state index contributed by atoms with van der Waals surface area (Å²) in [6, 6.07) is 0. The molecule has 0 aromatic rings. The molecular formula is C8H10O3. The van der Waals surface area contributed by atoms with E-state index in [0.717, 1.165) is 12.0 Å². The van der Waals surface area contributed by atoms with Crippen LogP contribution in [0.4, 0.5) is 4.79 Å². The molecule has 0 amide bonds. The van der Waals surface area contributed by atoms with E-state index >= 15 is 0 Å². The molecule has 60 valence electrons. The molecule has 0 radical (unpaired) electrons. The van der Waals surface area contributed by atoms with Gasteiger partial charge in [0, 0.05) is 0 Å². The van der Waals surface area contributed by atoms with Crippen molar-refractivity contribution in [3.05, 3.63) is 24.0 Å². The lowest BCUT2D eigenvalue weighted by molar-refractivity contribution is 0.136. The molecule has 0 saturated carbocycles. The molecule has 1 saturated heterocycles. The maximum absolute atomic E-state index is 10.5. The zero-order valence-corrected chi connectivity index (χ0v) is 6.42. The number of rotatable bonds is 2. The molecule has 0 unspecified atom stereocenters. The van der Waals surface area contributed by atoms with Crippen LogP contribution in [0.5, 0.6) is 0 Å². The van der Waals surface area contributed by atoms with Gasteiger partial charge in [-0.15, -0.1) is 6.58 Å². The number of carbonyl (C=O) groups excluding carboxylic acids is 1. The van der Waals surface area contributed by atoms with Gasteiger partial charge in [-0.25, -0.2) is 4.79 Å². The molecule has 0 aromatic carbocycles. The Morgan fingerprint density at radius 2 is 2.55 bits per heavy atom. The first-order valence-corrected chi connectivity index (χ1v) is 3.38. The van der Waals surface area contributed by atoms with Crippen LogP contribution >= 0.6 is 0 Å². The molecule has 0 atom stereocenters. The highest BCUT2D eigenvalue weighted by Crippen LogP contribution is 2.16. The second-order valence-electron chi connectivity index (χ2n) is 2.34. The highest BCUT2D eigenvalue weighted by Gasteiger charge is 2.19. The van der Waals surface area contributed by atoms with Gasteiger partial charge in [-0.05, 0) is 18.9 Å². The fourth-order valence-electron chi connectivity index (χ4n) is 0.825. The van der Waals surface area contributed by atoms with Gasteiger partial charge in [0.25, 0.3) is 0 Å². The minimum atomic E-state index is -0.608. The van der Waals surface area contributed by atoms with Crippen LogP contribution in [-0.4, -0.2) is 12.8 Å². The second-order valence-corrected chi connectivity index (χ2v) is 2.34. The molecular weight excluding hydrogens is 144 g/mol. The normalized spacial score (nSPS) is 20.6. The lowest BCUT2D eigenvalue weighted by Crippen LogP contribution is -1.90. The molecule has 0 bridgehead atoms. The van der Waals surface area contributed by atoms with Crippen LogP contribution in [0.3, 0.4) is 0 Å². The maximum atomic E-state index is 10.5. The average Bonchev–Trinajstić information content (AvgIpc) is 2.36. The van der Waals surface area contributed by atoms with Gasteiger partial charge in [0.1, 0.15) is 5.76 Å².